The van der Waals surface area contributed by atoms with Gasteiger partial charge >= 0.3 is 5.97 Å². The van der Waals surface area contributed by atoms with Crippen molar-refractivity contribution < 1.29 is 19.5 Å². The Balaban J connectivity index is 4.73. The number of hydrogen-bond acceptors (Lipinski definition) is 3. The van der Waals surface area contributed by atoms with E-state index in [0.29, 0.717) is 6.42 Å². The number of nitrogens with one attached hydrogen (secondary N) is 1. The molecule has 0 heterocycles. The van der Waals surface area contributed by atoms with E-state index < -0.39 is 12.0 Å². The van der Waals surface area contributed by atoms with Gasteiger partial charge in [-0.05, 0) is 20.3 Å². The summed E-state index contributed by atoms with van der Waals surface area (Å²) in [7, 11) is 0. The smallest absolute Gasteiger partial charge is 0.323 e. The van der Waals surface area contributed by atoms with E-state index in [0.717, 1.165) is 0 Å². The minimum absolute atomic E-state index is 0.171. The van der Waals surface area contributed by atoms with E-state index in [-0.39, 0.29) is 24.4 Å². The Hall–Kier alpha value is -1.59. The van der Waals surface area contributed by atoms with Crippen LogP contribution < -0.4 is 5.32 Å². The summed E-state index contributed by atoms with van der Waals surface area (Å²) >= 11 is 0. The molecule has 0 saturated heterocycles. The molecule has 0 aliphatic rings. The zero-order valence-electron chi connectivity index (χ0n) is 10.7. The number of carbonyl (C=O) groups is 3. The van der Waals surface area contributed by atoms with Crippen LogP contribution in [0.4, 0.5) is 0 Å². The first-order valence-corrected chi connectivity index (χ1v) is 5.58. The van der Waals surface area contributed by atoms with E-state index in [1.165, 1.54) is 11.8 Å². The summed E-state index contributed by atoms with van der Waals surface area (Å²) in [4.78, 5) is 34.8. The van der Waals surface area contributed by atoms with Crippen molar-refractivity contribution in [1.29, 1.82) is 0 Å². The van der Waals surface area contributed by atoms with Gasteiger partial charge in [0.2, 0.25) is 11.8 Å². The summed E-state index contributed by atoms with van der Waals surface area (Å²) in [5.41, 5.74) is 0. The monoisotopic (exact) mass is 244 g/mol. The molecular weight excluding hydrogens is 224 g/mol. The predicted molar refractivity (Wildman–Crippen MR) is 62.4 cm³/mol. The first kappa shape index (κ1) is 15.4. The number of hydrogen-bond donors (Lipinski definition) is 2. The van der Waals surface area contributed by atoms with Crippen molar-refractivity contribution in [1.82, 2.24) is 10.2 Å². The first-order chi connectivity index (χ1) is 7.79. The molecule has 98 valence electrons. The maximum Gasteiger partial charge on any atom is 0.323 e. The molecule has 0 bridgehead atoms. The Labute approximate surface area is 101 Å². The minimum atomic E-state index is -1.06. The fourth-order valence-electron chi connectivity index (χ4n) is 1.43. The van der Waals surface area contributed by atoms with Crippen LogP contribution in [-0.2, 0) is 14.4 Å². The van der Waals surface area contributed by atoms with Gasteiger partial charge in [0, 0.05) is 13.0 Å². The zero-order chi connectivity index (χ0) is 13.6. The van der Waals surface area contributed by atoms with Crippen molar-refractivity contribution >= 4 is 17.8 Å². The minimum Gasteiger partial charge on any atom is -0.480 e. The molecule has 2 unspecified atom stereocenters. The van der Waals surface area contributed by atoms with Crippen molar-refractivity contribution in [2.24, 2.45) is 0 Å². The largest absolute Gasteiger partial charge is 0.480 e. The van der Waals surface area contributed by atoms with Crippen LogP contribution >= 0.6 is 0 Å². The van der Waals surface area contributed by atoms with E-state index in [2.05, 4.69) is 5.32 Å². The Kier molecular flexibility index (Phi) is 6.23. The van der Waals surface area contributed by atoms with Crippen LogP contribution in [0, 0.1) is 0 Å². The van der Waals surface area contributed by atoms with E-state index in [9.17, 15) is 14.4 Å². The van der Waals surface area contributed by atoms with Gasteiger partial charge < -0.3 is 15.3 Å². The van der Waals surface area contributed by atoms with Crippen molar-refractivity contribution in [2.75, 3.05) is 6.54 Å². The van der Waals surface area contributed by atoms with Crippen molar-refractivity contribution in [3.05, 3.63) is 0 Å². The molecule has 0 saturated carbocycles. The molecule has 2 atom stereocenters. The number of rotatable bonds is 6. The molecule has 0 aliphatic heterocycles. The lowest BCUT2D eigenvalue weighted by Crippen LogP contribution is -2.51. The molecule has 2 N–H and O–H groups in total. The molecule has 0 aromatic carbocycles. The van der Waals surface area contributed by atoms with Crippen LogP contribution in [0.2, 0.25) is 0 Å². The second-order valence-corrected chi connectivity index (χ2v) is 4.04. The highest BCUT2D eigenvalue weighted by molar-refractivity contribution is 5.88. The van der Waals surface area contributed by atoms with Crippen LogP contribution in [0.15, 0.2) is 0 Å². The third-order valence-electron chi connectivity index (χ3n) is 2.50. The maximum atomic E-state index is 12.0. The number of aliphatic carboxylic acids is 1. The molecule has 0 aliphatic carbocycles. The normalized spacial score (nSPS) is 13.6. The molecule has 0 radical (unpaired) electrons. The third-order valence-corrected chi connectivity index (χ3v) is 2.50. The van der Waals surface area contributed by atoms with E-state index >= 15 is 0 Å². The summed E-state index contributed by atoms with van der Waals surface area (Å²) in [5, 5.41) is 11.2. The highest BCUT2D eigenvalue weighted by Gasteiger charge is 2.26. The molecule has 0 aromatic heterocycles. The molecule has 0 fully saturated rings. The van der Waals surface area contributed by atoms with Gasteiger partial charge in [-0.3, -0.25) is 14.4 Å². The number of nitrogens with zero attached hydrogens (tertiary/aromatic N) is 1. The third kappa shape index (κ3) is 5.33. The lowest BCUT2D eigenvalue weighted by atomic mass is 10.2. The summed E-state index contributed by atoms with van der Waals surface area (Å²) < 4.78 is 0. The van der Waals surface area contributed by atoms with Gasteiger partial charge in [-0.1, -0.05) is 6.92 Å². The number of carbonyl (C=O) groups excluding carboxylic acids is 2. The Morgan fingerprint density at radius 3 is 2.18 bits per heavy atom. The van der Waals surface area contributed by atoms with Gasteiger partial charge in [0.1, 0.15) is 12.6 Å². The lowest BCUT2D eigenvalue weighted by molar-refractivity contribution is -0.147. The van der Waals surface area contributed by atoms with E-state index in [1.807, 2.05) is 6.92 Å². The average Bonchev–Trinajstić information content (AvgIpc) is 2.22. The SMILES string of the molecule is CCC(C)N(CC(=O)O)C(=O)C(C)NC(C)=O. The van der Waals surface area contributed by atoms with Crippen molar-refractivity contribution in [2.45, 2.75) is 46.2 Å². The Morgan fingerprint density at radius 2 is 1.82 bits per heavy atom. The molecule has 0 aromatic rings. The van der Waals surface area contributed by atoms with Gasteiger partial charge in [0.05, 0.1) is 0 Å². The predicted octanol–water partition coefficient (Wildman–Crippen LogP) is 0.223. The number of carboxylic acid groups (broad SMARTS) is 1. The summed E-state index contributed by atoms with van der Waals surface area (Å²) in [6, 6.07) is -0.879. The molecular formula is C11H20N2O4. The van der Waals surface area contributed by atoms with Gasteiger partial charge in [-0.2, -0.15) is 0 Å². The van der Waals surface area contributed by atoms with Gasteiger partial charge in [-0.25, -0.2) is 0 Å². The van der Waals surface area contributed by atoms with Crippen LogP contribution in [0.3, 0.4) is 0 Å². The molecule has 2 amide bonds. The molecule has 0 rings (SSSR count). The van der Waals surface area contributed by atoms with Gasteiger partial charge in [0.25, 0.3) is 0 Å². The topological polar surface area (TPSA) is 86.7 Å². The highest BCUT2D eigenvalue weighted by Crippen LogP contribution is 2.06. The maximum absolute atomic E-state index is 12.0. The summed E-state index contributed by atoms with van der Waals surface area (Å²) in [6.07, 6.45) is 0.659. The quantitative estimate of drug-likeness (QED) is 0.700. The number of amides is 2. The molecule has 17 heavy (non-hydrogen) atoms. The molecule has 6 heteroatoms. The van der Waals surface area contributed by atoms with Crippen molar-refractivity contribution in [3.8, 4) is 0 Å². The molecule has 0 spiro atoms. The average molecular weight is 244 g/mol. The van der Waals surface area contributed by atoms with Crippen LogP contribution in [0.5, 0.6) is 0 Å². The van der Waals surface area contributed by atoms with E-state index in [1.54, 1.807) is 13.8 Å². The zero-order valence-corrected chi connectivity index (χ0v) is 10.7. The van der Waals surface area contributed by atoms with Gasteiger partial charge in [0.15, 0.2) is 0 Å². The summed E-state index contributed by atoms with van der Waals surface area (Å²) in [6.45, 7) is 6.16. The van der Waals surface area contributed by atoms with Crippen LogP contribution in [-0.4, -0.2) is 46.4 Å². The second-order valence-electron chi connectivity index (χ2n) is 4.04. The fourth-order valence-corrected chi connectivity index (χ4v) is 1.43. The Bertz CT molecular complexity index is 304. The van der Waals surface area contributed by atoms with Gasteiger partial charge in [-0.15, -0.1) is 0 Å². The summed E-state index contributed by atoms with van der Waals surface area (Å²) in [5.74, 6) is -1.75. The second kappa shape index (κ2) is 6.88. The number of carboxylic acids is 1. The highest BCUT2D eigenvalue weighted by atomic mass is 16.4. The standard InChI is InChI=1S/C11H20N2O4/c1-5-7(2)13(6-10(15)16)11(17)8(3)12-9(4)14/h7-8H,5-6H2,1-4H3,(H,12,14)(H,15,16). The fraction of sp³-hybridized carbons (Fsp3) is 0.727. The van der Waals surface area contributed by atoms with Crippen LogP contribution in [0.25, 0.3) is 0 Å². The lowest BCUT2D eigenvalue weighted by Gasteiger charge is -2.29. The Morgan fingerprint density at radius 1 is 1.29 bits per heavy atom. The first-order valence-electron chi connectivity index (χ1n) is 5.58. The van der Waals surface area contributed by atoms with Crippen LogP contribution in [0.1, 0.15) is 34.1 Å². The molecule has 6 nitrogen and oxygen atoms in total. The van der Waals surface area contributed by atoms with Crippen molar-refractivity contribution in [3.63, 3.8) is 0 Å². The van der Waals surface area contributed by atoms with E-state index in [4.69, 9.17) is 5.11 Å².